The number of rotatable bonds is 16. The lowest BCUT2D eigenvalue weighted by Crippen LogP contribution is -1.99. The van der Waals surface area contributed by atoms with Crippen LogP contribution in [0.3, 0.4) is 0 Å². The van der Waals surface area contributed by atoms with Gasteiger partial charge in [-0.25, -0.2) is 9.97 Å². The lowest BCUT2D eigenvalue weighted by Gasteiger charge is -2.07. The molecule has 3 nitrogen and oxygen atoms in total. The standard InChI is InChI=1S/C27H42N2O/c1-4-5-6-10-13-20-30-26-21-28-27(29-22-26)25-18-16-24(17-19-25)15-12-9-7-8-11-14-23(2)3/h16-19,21-23H,4-15,20H2,1-3H3. The Bertz CT molecular complexity index is 664. The molecule has 0 aliphatic rings. The van der Waals surface area contributed by atoms with E-state index in [9.17, 15) is 0 Å². The monoisotopic (exact) mass is 410 g/mol. The van der Waals surface area contributed by atoms with Gasteiger partial charge in [-0.05, 0) is 30.7 Å². The van der Waals surface area contributed by atoms with E-state index in [0.29, 0.717) is 0 Å². The minimum atomic E-state index is 0.749. The fraction of sp³-hybridized carbons (Fsp3) is 0.630. The summed E-state index contributed by atoms with van der Waals surface area (Å²) < 4.78 is 5.76. The van der Waals surface area contributed by atoms with Crippen LogP contribution in [0.2, 0.25) is 0 Å². The van der Waals surface area contributed by atoms with E-state index < -0.39 is 0 Å². The zero-order valence-electron chi connectivity index (χ0n) is 19.5. The number of hydrogen-bond donors (Lipinski definition) is 0. The number of unbranched alkanes of at least 4 members (excludes halogenated alkanes) is 8. The maximum absolute atomic E-state index is 5.76. The van der Waals surface area contributed by atoms with E-state index in [1.54, 1.807) is 12.4 Å². The van der Waals surface area contributed by atoms with Crippen molar-refractivity contribution in [1.29, 1.82) is 0 Å². The van der Waals surface area contributed by atoms with Crippen LogP contribution in [-0.4, -0.2) is 16.6 Å². The van der Waals surface area contributed by atoms with Gasteiger partial charge in [0, 0.05) is 5.56 Å². The van der Waals surface area contributed by atoms with Crippen LogP contribution in [-0.2, 0) is 6.42 Å². The predicted octanol–water partition coefficient (Wildman–Crippen LogP) is 8.03. The van der Waals surface area contributed by atoms with Gasteiger partial charge < -0.3 is 4.74 Å². The summed E-state index contributed by atoms with van der Waals surface area (Å²) >= 11 is 0. The normalized spacial score (nSPS) is 11.2. The summed E-state index contributed by atoms with van der Waals surface area (Å²) in [5, 5.41) is 0. The van der Waals surface area contributed by atoms with Crippen LogP contribution in [0.5, 0.6) is 5.75 Å². The molecule has 0 aliphatic heterocycles. The van der Waals surface area contributed by atoms with Crippen molar-refractivity contribution in [2.24, 2.45) is 5.92 Å². The van der Waals surface area contributed by atoms with Gasteiger partial charge in [0.1, 0.15) is 0 Å². The van der Waals surface area contributed by atoms with Gasteiger partial charge in [-0.3, -0.25) is 0 Å². The molecule has 0 fully saturated rings. The van der Waals surface area contributed by atoms with Crippen molar-refractivity contribution in [2.45, 2.75) is 97.8 Å². The Kier molecular flexibility index (Phi) is 12.2. The Hall–Kier alpha value is -1.90. The molecule has 0 saturated carbocycles. The summed E-state index contributed by atoms with van der Waals surface area (Å²) in [5.41, 5.74) is 2.47. The van der Waals surface area contributed by atoms with Crippen LogP contribution in [0.4, 0.5) is 0 Å². The van der Waals surface area contributed by atoms with Crippen LogP contribution in [0, 0.1) is 5.92 Å². The number of hydrogen-bond acceptors (Lipinski definition) is 3. The molecule has 0 amide bonds. The largest absolute Gasteiger partial charge is 0.490 e. The molecule has 0 aliphatic carbocycles. The minimum Gasteiger partial charge on any atom is -0.490 e. The van der Waals surface area contributed by atoms with Crippen molar-refractivity contribution in [1.82, 2.24) is 9.97 Å². The van der Waals surface area contributed by atoms with Crippen molar-refractivity contribution < 1.29 is 4.74 Å². The third-order valence-corrected chi connectivity index (χ3v) is 5.60. The average Bonchev–Trinajstić information content (AvgIpc) is 2.76. The molecule has 166 valence electrons. The number of aryl methyl sites for hydroxylation is 1. The molecule has 3 heteroatoms. The average molecular weight is 411 g/mol. The number of nitrogens with zero attached hydrogens (tertiary/aromatic N) is 2. The maximum atomic E-state index is 5.76. The minimum absolute atomic E-state index is 0.749. The van der Waals surface area contributed by atoms with Crippen molar-refractivity contribution in [3.63, 3.8) is 0 Å². The highest BCUT2D eigenvalue weighted by atomic mass is 16.5. The molecule has 0 unspecified atom stereocenters. The molecule has 0 saturated heterocycles. The highest BCUT2D eigenvalue weighted by Gasteiger charge is 2.03. The fourth-order valence-corrected chi connectivity index (χ4v) is 3.67. The molecular weight excluding hydrogens is 368 g/mol. The first kappa shape index (κ1) is 24.4. The Morgan fingerprint density at radius 1 is 0.767 bits per heavy atom. The maximum Gasteiger partial charge on any atom is 0.159 e. The number of ether oxygens (including phenoxy) is 1. The second-order valence-corrected chi connectivity index (χ2v) is 8.90. The van der Waals surface area contributed by atoms with E-state index in [0.717, 1.165) is 42.5 Å². The molecule has 1 heterocycles. The smallest absolute Gasteiger partial charge is 0.159 e. The van der Waals surface area contributed by atoms with Crippen molar-refractivity contribution in [3.8, 4) is 17.1 Å². The summed E-state index contributed by atoms with van der Waals surface area (Å²) in [7, 11) is 0. The van der Waals surface area contributed by atoms with Crippen molar-refractivity contribution in [3.05, 3.63) is 42.2 Å². The first-order valence-electron chi connectivity index (χ1n) is 12.2. The molecule has 0 spiro atoms. The van der Waals surface area contributed by atoms with Gasteiger partial charge in [-0.2, -0.15) is 0 Å². The van der Waals surface area contributed by atoms with Gasteiger partial charge >= 0.3 is 0 Å². The molecule has 0 N–H and O–H groups in total. The lowest BCUT2D eigenvalue weighted by atomic mass is 10.0. The Labute approximate surface area is 184 Å². The third kappa shape index (κ3) is 10.2. The number of benzene rings is 1. The van der Waals surface area contributed by atoms with E-state index in [2.05, 4.69) is 55.0 Å². The highest BCUT2D eigenvalue weighted by Crippen LogP contribution is 2.19. The predicted molar refractivity (Wildman–Crippen MR) is 128 cm³/mol. The molecule has 30 heavy (non-hydrogen) atoms. The summed E-state index contributed by atoms with van der Waals surface area (Å²) in [5.74, 6) is 2.37. The van der Waals surface area contributed by atoms with E-state index >= 15 is 0 Å². The van der Waals surface area contributed by atoms with E-state index in [1.165, 1.54) is 69.8 Å². The molecule has 1 aromatic carbocycles. The molecule has 2 aromatic rings. The van der Waals surface area contributed by atoms with Gasteiger partial charge in [-0.1, -0.05) is 103 Å². The Morgan fingerprint density at radius 3 is 2.10 bits per heavy atom. The van der Waals surface area contributed by atoms with Crippen LogP contribution in [0.25, 0.3) is 11.4 Å². The molecule has 0 bridgehead atoms. The van der Waals surface area contributed by atoms with Gasteiger partial charge in [-0.15, -0.1) is 0 Å². The topological polar surface area (TPSA) is 35.0 Å². The first-order valence-corrected chi connectivity index (χ1v) is 12.2. The second kappa shape index (κ2) is 15.0. The van der Waals surface area contributed by atoms with Gasteiger partial charge in [0.25, 0.3) is 0 Å². The Morgan fingerprint density at radius 2 is 1.40 bits per heavy atom. The summed E-state index contributed by atoms with van der Waals surface area (Å²) in [6.07, 6.45) is 19.1. The van der Waals surface area contributed by atoms with E-state index in [1.807, 2.05) is 0 Å². The van der Waals surface area contributed by atoms with Crippen LogP contribution < -0.4 is 4.74 Å². The number of aromatic nitrogens is 2. The SMILES string of the molecule is CCCCCCCOc1cnc(-c2ccc(CCCCCCCC(C)C)cc2)nc1. The first-order chi connectivity index (χ1) is 14.7. The molecule has 1 aromatic heterocycles. The van der Waals surface area contributed by atoms with Crippen molar-refractivity contribution in [2.75, 3.05) is 6.61 Å². The Balaban J connectivity index is 1.66. The molecule has 0 atom stereocenters. The second-order valence-electron chi connectivity index (χ2n) is 8.90. The van der Waals surface area contributed by atoms with Crippen molar-refractivity contribution >= 4 is 0 Å². The molecular formula is C27H42N2O. The van der Waals surface area contributed by atoms with Gasteiger partial charge in [0.05, 0.1) is 19.0 Å². The van der Waals surface area contributed by atoms with E-state index in [4.69, 9.17) is 4.74 Å². The zero-order chi connectivity index (χ0) is 21.4. The van der Waals surface area contributed by atoms with Crippen LogP contribution in [0.1, 0.15) is 97.0 Å². The van der Waals surface area contributed by atoms with Crippen LogP contribution in [0.15, 0.2) is 36.7 Å². The quantitative estimate of drug-likeness (QED) is 0.263. The fourth-order valence-electron chi connectivity index (χ4n) is 3.67. The van der Waals surface area contributed by atoms with Gasteiger partial charge in [0.2, 0.25) is 0 Å². The summed E-state index contributed by atoms with van der Waals surface area (Å²) in [6, 6.07) is 8.72. The highest BCUT2D eigenvalue weighted by molar-refractivity contribution is 5.55. The lowest BCUT2D eigenvalue weighted by molar-refractivity contribution is 0.302. The van der Waals surface area contributed by atoms with Gasteiger partial charge in [0.15, 0.2) is 11.6 Å². The summed E-state index contributed by atoms with van der Waals surface area (Å²) in [4.78, 5) is 8.97. The molecule has 2 rings (SSSR count). The van der Waals surface area contributed by atoms with E-state index in [-0.39, 0.29) is 0 Å². The summed E-state index contributed by atoms with van der Waals surface area (Å²) in [6.45, 7) is 7.61. The zero-order valence-corrected chi connectivity index (χ0v) is 19.5. The third-order valence-electron chi connectivity index (χ3n) is 5.60. The molecule has 0 radical (unpaired) electrons. The van der Waals surface area contributed by atoms with Crippen LogP contribution >= 0.6 is 0 Å².